The molecule has 1 aliphatic rings. The molecule has 1 aromatic heterocycles. The molecule has 194 valence electrons. The number of benzene rings is 3. The van der Waals surface area contributed by atoms with E-state index in [1.165, 1.54) is 6.20 Å². The Kier molecular flexibility index (Phi) is 7.19. The van der Waals surface area contributed by atoms with Gasteiger partial charge in [-0.3, -0.25) is 9.59 Å². The number of carbonyl (C=O) groups excluding carboxylic acids is 2. The standard InChI is InChI=1S/C29H31N7O2/c1-36(2)25-13-12-23(21-10-3-4-11-22(21)25)28(37)33-19-8-5-7-18(15-19)24-17-32-27(30)26(35-24)29(38)34-20-9-6-14-31-16-20/h3-5,7-8,10-13,15,17,20,31H,6,9,14,16H2,1-2H3,(H2,30,32)(H,33,37)(H,34,38). The van der Waals surface area contributed by atoms with E-state index in [0.29, 0.717) is 29.1 Å². The third-order valence-corrected chi connectivity index (χ3v) is 6.69. The molecule has 9 heteroatoms. The van der Waals surface area contributed by atoms with Crippen LogP contribution < -0.4 is 26.6 Å². The maximum absolute atomic E-state index is 13.3. The molecule has 9 nitrogen and oxygen atoms in total. The number of hydrogen-bond donors (Lipinski definition) is 4. The monoisotopic (exact) mass is 509 g/mol. The first kappa shape index (κ1) is 25.2. The van der Waals surface area contributed by atoms with Crippen LogP contribution in [0.15, 0.2) is 66.9 Å². The van der Waals surface area contributed by atoms with Gasteiger partial charge in [0.25, 0.3) is 11.8 Å². The molecule has 1 atom stereocenters. The van der Waals surface area contributed by atoms with Crippen molar-refractivity contribution in [3.05, 3.63) is 78.1 Å². The van der Waals surface area contributed by atoms with Crippen molar-refractivity contribution in [2.45, 2.75) is 18.9 Å². The van der Waals surface area contributed by atoms with E-state index in [4.69, 9.17) is 5.73 Å². The molecular formula is C29H31N7O2. The maximum Gasteiger partial charge on any atom is 0.274 e. The number of nitrogens with zero attached hydrogens (tertiary/aromatic N) is 3. The quantitative estimate of drug-likeness (QED) is 0.312. The molecule has 0 aliphatic carbocycles. The topological polar surface area (TPSA) is 125 Å². The number of hydrogen-bond acceptors (Lipinski definition) is 7. The highest BCUT2D eigenvalue weighted by Gasteiger charge is 2.20. The maximum atomic E-state index is 13.3. The number of nitrogen functional groups attached to an aromatic ring is 1. The largest absolute Gasteiger partial charge is 0.382 e. The van der Waals surface area contributed by atoms with Gasteiger partial charge in [0.15, 0.2) is 11.5 Å². The van der Waals surface area contributed by atoms with E-state index >= 15 is 0 Å². The molecule has 1 saturated heterocycles. The van der Waals surface area contributed by atoms with Crippen LogP contribution in [0.2, 0.25) is 0 Å². The third kappa shape index (κ3) is 5.28. The van der Waals surface area contributed by atoms with Crippen molar-refractivity contribution in [2.24, 2.45) is 0 Å². The summed E-state index contributed by atoms with van der Waals surface area (Å²) < 4.78 is 0. The van der Waals surface area contributed by atoms with Crippen molar-refractivity contribution in [1.82, 2.24) is 20.6 Å². The van der Waals surface area contributed by atoms with Crippen molar-refractivity contribution in [3.63, 3.8) is 0 Å². The van der Waals surface area contributed by atoms with Gasteiger partial charge in [0.2, 0.25) is 0 Å². The average Bonchev–Trinajstić information content (AvgIpc) is 2.93. The summed E-state index contributed by atoms with van der Waals surface area (Å²) in [4.78, 5) is 36.9. The second-order valence-electron chi connectivity index (χ2n) is 9.61. The molecule has 5 N–H and O–H groups in total. The minimum Gasteiger partial charge on any atom is -0.382 e. The number of aromatic nitrogens is 2. The SMILES string of the molecule is CN(C)c1ccc(C(=O)Nc2cccc(-c3cnc(N)c(C(=O)NC4CCCNC4)n3)c2)c2ccccc12. The Hall–Kier alpha value is -4.50. The highest BCUT2D eigenvalue weighted by atomic mass is 16.2. The van der Waals surface area contributed by atoms with Gasteiger partial charge < -0.3 is 26.6 Å². The molecule has 0 bridgehead atoms. The predicted octanol–water partition coefficient (Wildman–Crippen LogP) is 3.68. The number of carbonyl (C=O) groups is 2. The lowest BCUT2D eigenvalue weighted by Gasteiger charge is -2.23. The molecular weight excluding hydrogens is 478 g/mol. The normalized spacial score (nSPS) is 15.2. The summed E-state index contributed by atoms with van der Waals surface area (Å²) in [5, 5.41) is 11.1. The Labute approximate surface area is 221 Å². The van der Waals surface area contributed by atoms with Crippen LogP contribution in [0, 0.1) is 0 Å². The molecule has 5 rings (SSSR count). The Morgan fingerprint density at radius 2 is 1.84 bits per heavy atom. The Morgan fingerprint density at radius 1 is 1.03 bits per heavy atom. The van der Waals surface area contributed by atoms with Gasteiger partial charge in [-0.2, -0.15) is 0 Å². The van der Waals surface area contributed by atoms with Gasteiger partial charge in [-0.05, 0) is 49.0 Å². The molecule has 0 spiro atoms. The summed E-state index contributed by atoms with van der Waals surface area (Å²) in [6.45, 7) is 1.67. The molecule has 2 heterocycles. The van der Waals surface area contributed by atoms with Gasteiger partial charge >= 0.3 is 0 Å². The van der Waals surface area contributed by atoms with E-state index < -0.39 is 0 Å². The minimum absolute atomic E-state index is 0.0301. The van der Waals surface area contributed by atoms with E-state index in [-0.39, 0.29) is 29.4 Å². The fourth-order valence-corrected chi connectivity index (χ4v) is 4.76. The highest BCUT2D eigenvalue weighted by Crippen LogP contribution is 2.29. The summed E-state index contributed by atoms with van der Waals surface area (Å²) in [6.07, 6.45) is 3.43. The number of nitrogens with two attached hydrogens (primary N) is 1. The molecule has 2 amide bonds. The molecule has 1 fully saturated rings. The molecule has 1 unspecified atom stereocenters. The van der Waals surface area contributed by atoms with Crippen LogP contribution in [0.5, 0.6) is 0 Å². The van der Waals surface area contributed by atoms with Crippen molar-refractivity contribution >= 4 is 39.8 Å². The number of piperidine rings is 1. The minimum atomic E-state index is -0.344. The summed E-state index contributed by atoms with van der Waals surface area (Å²) in [6, 6.07) is 19.0. The van der Waals surface area contributed by atoms with Crippen LogP contribution >= 0.6 is 0 Å². The van der Waals surface area contributed by atoms with Crippen LogP contribution in [-0.4, -0.2) is 55.0 Å². The summed E-state index contributed by atoms with van der Waals surface area (Å²) in [7, 11) is 3.96. The lowest BCUT2D eigenvalue weighted by atomic mass is 10.0. The van der Waals surface area contributed by atoms with Crippen LogP contribution in [-0.2, 0) is 0 Å². The van der Waals surface area contributed by atoms with Crippen LogP contribution in [0.3, 0.4) is 0 Å². The van der Waals surface area contributed by atoms with Gasteiger partial charge in [0.1, 0.15) is 0 Å². The van der Waals surface area contributed by atoms with Crippen LogP contribution in [0.1, 0.15) is 33.7 Å². The first-order chi connectivity index (χ1) is 18.4. The second kappa shape index (κ2) is 10.9. The Bertz CT molecular complexity index is 1500. The zero-order valence-corrected chi connectivity index (χ0v) is 21.5. The van der Waals surface area contributed by atoms with Gasteiger partial charge in [-0.15, -0.1) is 0 Å². The van der Waals surface area contributed by atoms with E-state index in [0.717, 1.165) is 35.8 Å². The second-order valence-corrected chi connectivity index (χ2v) is 9.61. The Morgan fingerprint density at radius 3 is 2.61 bits per heavy atom. The zero-order chi connectivity index (χ0) is 26.6. The molecule has 0 saturated carbocycles. The van der Waals surface area contributed by atoms with Crippen molar-refractivity contribution in [3.8, 4) is 11.3 Å². The van der Waals surface area contributed by atoms with Gasteiger partial charge in [-0.1, -0.05) is 36.4 Å². The number of amides is 2. The summed E-state index contributed by atoms with van der Waals surface area (Å²) >= 11 is 0. The van der Waals surface area contributed by atoms with Crippen molar-refractivity contribution < 1.29 is 9.59 Å². The Balaban J connectivity index is 1.38. The molecule has 1 aliphatic heterocycles. The number of rotatable bonds is 6. The fraction of sp³-hybridized carbons (Fsp3) is 0.241. The number of fused-ring (bicyclic) bond motifs is 1. The lowest BCUT2D eigenvalue weighted by molar-refractivity contribution is 0.0925. The summed E-state index contributed by atoms with van der Waals surface area (Å²) in [5.41, 5.74) is 9.51. The number of nitrogens with one attached hydrogen (secondary N) is 3. The van der Waals surface area contributed by atoms with E-state index in [9.17, 15) is 9.59 Å². The first-order valence-electron chi connectivity index (χ1n) is 12.7. The molecule has 38 heavy (non-hydrogen) atoms. The van der Waals surface area contributed by atoms with E-state index in [1.54, 1.807) is 6.07 Å². The van der Waals surface area contributed by atoms with Crippen molar-refractivity contribution in [1.29, 1.82) is 0 Å². The van der Waals surface area contributed by atoms with E-state index in [1.807, 2.05) is 73.6 Å². The van der Waals surface area contributed by atoms with Crippen LogP contribution in [0.25, 0.3) is 22.0 Å². The predicted molar refractivity (Wildman–Crippen MR) is 151 cm³/mol. The first-order valence-corrected chi connectivity index (χ1v) is 12.7. The molecule has 0 radical (unpaired) electrons. The zero-order valence-electron chi connectivity index (χ0n) is 21.5. The smallest absolute Gasteiger partial charge is 0.274 e. The fourth-order valence-electron chi connectivity index (χ4n) is 4.76. The number of anilines is 3. The van der Waals surface area contributed by atoms with Gasteiger partial charge in [0.05, 0.1) is 11.9 Å². The van der Waals surface area contributed by atoms with E-state index in [2.05, 4.69) is 25.9 Å². The van der Waals surface area contributed by atoms with Gasteiger partial charge in [0, 0.05) is 54.6 Å². The third-order valence-electron chi connectivity index (χ3n) is 6.69. The average molecular weight is 510 g/mol. The lowest BCUT2D eigenvalue weighted by Crippen LogP contribution is -2.46. The van der Waals surface area contributed by atoms with Crippen molar-refractivity contribution in [2.75, 3.05) is 43.1 Å². The molecule has 4 aromatic rings. The molecule has 3 aromatic carbocycles. The van der Waals surface area contributed by atoms with Gasteiger partial charge in [-0.25, -0.2) is 9.97 Å². The summed E-state index contributed by atoms with van der Waals surface area (Å²) in [5.74, 6) is -0.483. The van der Waals surface area contributed by atoms with Crippen LogP contribution in [0.4, 0.5) is 17.2 Å². The highest BCUT2D eigenvalue weighted by molar-refractivity contribution is 6.15.